The molecule has 3 aliphatic rings. The number of Topliss-reactive ketones (excluding diaryl/α,β-unsaturated/α-hetero) is 1. The van der Waals surface area contributed by atoms with Crippen LogP contribution in [0.4, 0.5) is 9.18 Å². The molecule has 0 saturated carbocycles. The lowest BCUT2D eigenvalue weighted by Gasteiger charge is -2.31. The predicted octanol–water partition coefficient (Wildman–Crippen LogP) is 3.46. The van der Waals surface area contributed by atoms with Crippen molar-refractivity contribution in [3.63, 3.8) is 0 Å². The number of ether oxygens (including phenoxy) is 1. The molecule has 0 radical (unpaired) electrons. The Morgan fingerprint density at radius 1 is 1.47 bits per heavy atom. The Kier molecular flexibility index (Phi) is 4.41. The van der Waals surface area contributed by atoms with Crippen LogP contribution in [0.3, 0.4) is 0 Å². The van der Waals surface area contributed by atoms with Gasteiger partial charge in [0.2, 0.25) is 0 Å². The number of fused-ring (bicyclic) bond motifs is 1. The molecule has 1 aromatic heterocycles. The number of aliphatic imine (C=N–C) groups is 1. The molecule has 0 aliphatic carbocycles. The topological polar surface area (TPSA) is 83.9 Å². The van der Waals surface area contributed by atoms with Gasteiger partial charge in [-0.15, -0.1) is 11.3 Å². The van der Waals surface area contributed by atoms with Crippen LogP contribution in [0.5, 0.6) is 0 Å². The maximum absolute atomic E-state index is 14.2. The van der Waals surface area contributed by atoms with Gasteiger partial charge < -0.3 is 15.0 Å². The van der Waals surface area contributed by atoms with Crippen molar-refractivity contribution in [1.82, 2.24) is 15.2 Å². The van der Waals surface area contributed by atoms with E-state index in [1.54, 1.807) is 12.3 Å². The van der Waals surface area contributed by atoms with Crippen LogP contribution in [0.1, 0.15) is 30.0 Å². The van der Waals surface area contributed by atoms with Crippen molar-refractivity contribution in [2.45, 2.75) is 24.9 Å². The third-order valence-electron chi connectivity index (χ3n) is 5.49. The first-order valence-corrected chi connectivity index (χ1v) is 10.5. The summed E-state index contributed by atoms with van der Waals surface area (Å²) < 4.78 is 19.4. The molecule has 154 valence electrons. The summed E-state index contributed by atoms with van der Waals surface area (Å²) in [5.74, 6) is -0.155. The van der Waals surface area contributed by atoms with Crippen molar-refractivity contribution < 1.29 is 18.7 Å². The smallest absolute Gasteiger partial charge is 0.407 e. The monoisotopic (exact) mass is 446 g/mol. The van der Waals surface area contributed by atoms with Crippen LogP contribution in [0.15, 0.2) is 46.0 Å². The second-order valence-electron chi connectivity index (χ2n) is 7.53. The van der Waals surface area contributed by atoms with Gasteiger partial charge in [0.05, 0.1) is 11.6 Å². The molecule has 7 nitrogen and oxygen atoms in total. The summed E-state index contributed by atoms with van der Waals surface area (Å²) in [7, 11) is 0. The highest BCUT2D eigenvalue weighted by atomic mass is 35.5. The van der Waals surface area contributed by atoms with Crippen molar-refractivity contribution in [3.8, 4) is 0 Å². The molecule has 2 fully saturated rings. The highest BCUT2D eigenvalue weighted by Gasteiger charge is 2.52. The van der Waals surface area contributed by atoms with E-state index in [1.165, 1.54) is 30.4 Å². The molecule has 5 rings (SSSR count). The molecule has 1 aromatic carbocycles. The van der Waals surface area contributed by atoms with Gasteiger partial charge in [0.15, 0.2) is 16.6 Å². The molecule has 30 heavy (non-hydrogen) atoms. The first-order chi connectivity index (χ1) is 14.4. The van der Waals surface area contributed by atoms with E-state index in [0.717, 1.165) is 5.70 Å². The third kappa shape index (κ3) is 3.00. The van der Waals surface area contributed by atoms with Crippen molar-refractivity contribution in [1.29, 1.82) is 0 Å². The Labute approximate surface area is 180 Å². The highest BCUT2D eigenvalue weighted by Crippen LogP contribution is 2.44. The van der Waals surface area contributed by atoms with Gasteiger partial charge in [0.1, 0.15) is 24.0 Å². The number of hydrogen-bond acceptors (Lipinski definition) is 7. The van der Waals surface area contributed by atoms with Crippen LogP contribution in [0.2, 0.25) is 5.02 Å². The molecule has 10 heteroatoms. The maximum Gasteiger partial charge on any atom is 0.407 e. The minimum absolute atomic E-state index is 0.00276. The molecule has 3 aliphatic heterocycles. The van der Waals surface area contributed by atoms with Crippen LogP contribution in [0, 0.1) is 5.82 Å². The van der Waals surface area contributed by atoms with E-state index in [2.05, 4.69) is 10.3 Å². The second-order valence-corrected chi connectivity index (χ2v) is 8.83. The number of thiazole rings is 1. The first kappa shape index (κ1) is 19.2. The number of amidine groups is 1. The Hall–Kier alpha value is -2.78. The molecule has 2 atom stereocenters. The van der Waals surface area contributed by atoms with E-state index in [1.807, 2.05) is 10.3 Å². The fraction of sp³-hybridized carbons (Fsp3) is 0.300. The van der Waals surface area contributed by atoms with Gasteiger partial charge in [-0.1, -0.05) is 17.7 Å². The lowest BCUT2D eigenvalue weighted by Crippen LogP contribution is -2.47. The number of amides is 1. The molecule has 0 unspecified atom stereocenters. The van der Waals surface area contributed by atoms with Crippen LogP contribution in [-0.2, 0) is 9.53 Å². The van der Waals surface area contributed by atoms with Gasteiger partial charge in [0, 0.05) is 29.3 Å². The van der Waals surface area contributed by atoms with Gasteiger partial charge in [-0.2, -0.15) is 0 Å². The van der Waals surface area contributed by atoms with Crippen molar-refractivity contribution in [3.05, 3.63) is 62.5 Å². The number of nitrogens with zero attached hydrogens (tertiary/aromatic N) is 3. The molecular formula is C20H16ClFN4O3S. The average Bonchev–Trinajstić information content (AvgIpc) is 3.43. The lowest BCUT2D eigenvalue weighted by atomic mass is 9.90. The van der Waals surface area contributed by atoms with Gasteiger partial charge in [0.25, 0.3) is 0 Å². The predicted molar refractivity (Wildman–Crippen MR) is 109 cm³/mol. The molecule has 1 N–H and O–H groups in total. The van der Waals surface area contributed by atoms with Gasteiger partial charge in [-0.05, 0) is 24.6 Å². The number of hydrogen-bond donors (Lipinski definition) is 1. The molecule has 1 spiro atoms. The number of carbonyl (C=O) groups excluding carboxylic acids is 2. The van der Waals surface area contributed by atoms with Crippen LogP contribution in [0.25, 0.3) is 0 Å². The van der Waals surface area contributed by atoms with Gasteiger partial charge >= 0.3 is 6.09 Å². The second kappa shape index (κ2) is 6.88. The summed E-state index contributed by atoms with van der Waals surface area (Å²) in [4.78, 5) is 35.6. The zero-order valence-corrected chi connectivity index (χ0v) is 17.4. The number of ketones is 1. The fourth-order valence-corrected chi connectivity index (χ4v) is 4.98. The average molecular weight is 447 g/mol. The Morgan fingerprint density at radius 2 is 2.30 bits per heavy atom. The van der Waals surface area contributed by atoms with Gasteiger partial charge in [-0.25, -0.2) is 14.2 Å². The minimum atomic E-state index is -0.701. The fourth-order valence-electron chi connectivity index (χ4n) is 4.22. The quantitative estimate of drug-likeness (QED) is 0.780. The van der Waals surface area contributed by atoms with E-state index in [-0.39, 0.29) is 17.4 Å². The zero-order chi connectivity index (χ0) is 21.0. The lowest BCUT2D eigenvalue weighted by molar-refractivity contribution is -0.114. The SMILES string of the molecule is CC(=O)C1=C2C[C@@]3(COC(=O)N3)CN2C(c2nccs2)=N[C@@H]1c1ccc(Cl)c(F)c1. The molecule has 0 bridgehead atoms. The first-order valence-electron chi connectivity index (χ1n) is 9.26. The minimum Gasteiger partial charge on any atom is -0.447 e. The summed E-state index contributed by atoms with van der Waals surface area (Å²) in [6.45, 7) is 2.08. The molecule has 1 amide bonds. The van der Waals surface area contributed by atoms with E-state index >= 15 is 0 Å². The van der Waals surface area contributed by atoms with E-state index in [0.29, 0.717) is 34.9 Å². The number of aromatic nitrogens is 1. The molecule has 4 heterocycles. The molecular weight excluding hydrogens is 431 g/mol. The number of alkyl carbamates (subject to hydrolysis) is 1. The largest absolute Gasteiger partial charge is 0.447 e. The number of nitrogens with one attached hydrogen (secondary N) is 1. The van der Waals surface area contributed by atoms with E-state index in [9.17, 15) is 14.0 Å². The third-order valence-corrected chi connectivity index (χ3v) is 6.57. The van der Waals surface area contributed by atoms with Gasteiger partial charge in [-0.3, -0.25) is 9.79 Å². The number of benzene rings is 1. The normalized spacial score (nSPS) is 25.3. The zero-order valence-electron chi connectivity index (χ0n) is 15.8. The number of cyclic esters (lactones) is 1. The maximum atomic E-state index is 14.2. The Balaban J connectivity index is 1.69. The van der Waals surface area contributed by atoms with E-state index < -0.39 is 23.5 Å². The Bertz CT molecular complexity index is 1130. The van der Waals surface area contributed by atoms with Crippen LogP contribution >= 0.6 is 22.9 Å². The summed E-state index contributed by atoms with van der Waals surface area (Å²) >= 11 is 7.27. The number of carbonyl (C=O) groups is 2. The molecule has 2 saturated heterocycles. The highest BCUT2D eigenvalue weighted by molar-refractivity contribution is 7.11. The van der Waals surface area contributed by atoms with Crippen molar-refractivity contribution >= 4 is 40.6 Å². The van der Waals surface area contributed by atoms with Crippen LogP contribution in [-0.4, -0.2) is 46.3 Å². The van der Waals surface area contributed by atoms with Crippen LogP contribution < -0.4 is 5.32 Å². The molecule has 2 aromatic rings. The summed E-state index contributed by atoms with van der Waals surface area (Å²) in [5, 5.41) is 5.40. The number of halogens is 2. The summed E-state index contributed by atoms with van der Waals surface area (Å²) in [5.41, 5.74) is 1.09. The summed E-state index contributed by atoms with van der Waals surface area (Å²) in [6.07, 6.45) is 1.60. The van der Waals surface area contributed by atoms with Crippen molar-refractivity contribution in [2.24, 2.45) is 4.99 Å². The standard InChI is InChI=1S/C20H16ClFN4O3S/c1-10(27)15-14-7-20(9-29-19(28)25-20)8-26(14)17(18-23-4-5-30-18)24-16(15)11-2-3-12(21)13(22)6-11/h2-6,16H,7-9H2,1H3,(H,25,28)/t16-,20+/m1/s1. The summed E-state index contributed by atoms with van der Waals surface area (Å²) in [6, 6.07) is 3.73. The van der Waals surface area contributed by atoms with Crippen molar-refractivity contribution in [2.75, 3.05) is 13.2 Å². The van der Waals surface area contributed by atoms with E-state index in [4.69, 9.17) is 21.3 Å². The number of rotatable bonds is 3. The Morgan fingerprint density at radius 3 is 2.93 bits per heavy atom.